The van der Waals surface area contributed by atoms with Crippen LogP contribution in [0, 0.1) is 11.8 Å². The summed E-state index contributed by atoms with van der Waals surface area (Å²) in [4.78, 5) is 34.9. The van der Waals surface area contributed by atoms with Crippen LogP contribution in [0.25, 0.3) is 0 Å². The lowest BCUT2D eigenvalue weighted by Gasteiger charge is -2.16. The van der Waals surface area contributed by atoms with E-state index in [1.54, 1.807) is 24.3 Å². The van der Waals surface area contributed by atoms with Crippen molar-refractivity contribution in [3.8, 4) is 0 Å². The van der Waals surface area contributed by atoms with Crippen LogP contribution < -0.4 is 0 Å². The predicted octanol–water partition coefficient (Wildman–Crippen LogP) is 2.14. The van der Waals surface area contributed by atoms with Crippen LogP contribution >= 0.6 is 0 Å². The van der Waals surface area contributed by atoms with Crippen LogP contribution in [0.1, 0.15) is 23.7 Å². The summed E-state index contributed by atoms with van der Waals surface area (Å²) in [6.07, 6.45) is 1.44. The first-order valence-electron chi connectivity index (χ1n) is 7.65. The van der Waals surface area contributed by atoms with E-state index < -0.39 is 11.9 Å². The standard InChI is InChI=1S/C18H20O6/c1-12(19)8-16-15(9-17(20)22-2)14(10-23-16)11-24-18(21)13-6-4-3-5-7-13/h3-8,14-15H,9-11H2,1-2H3/b16-8-/t14-,15-/m1/s1. The highest BCUT2D eigenvalue weighted by Gasteiger charge is 2.36. The highest BCUT2D eigenvalue weighted by molar-refractivity contribution is 5.89. The molecule has 0 unspecified atom stereocenters. The molecule has 2 atom stereocenters. The second-order valence-electron chi connectivity index (χ2n) is 5.58. The Morgan fingerprint density at radius 1 is 1.25 bits per heavy atom. The molecule has 0 N–H and O–H groups in total. The maximum atomic E-state index is 12.0. The zero-order valence-corrected chi connectivity index (χ0v) is 13.7. The number of hydrogen-bond donors (Lipinski definition) is 0. The summed E-state index contributed by atoms with van der Waals surface area (Å²) in [6.45, 7) is 1.79. The highest BCUT2D eigenvalue weighted by atomic mass is 16.5. The maximum Gasteiger partial charge on any atom is 0.338 e. The van der Waals surface area contributed by atoms with E-state index in [9.17, 15) is 14.4 Å². The van der Waals surface area contributed by atoms with E-state index in [4.69, 9.17) is 14.2 Å². The minimum atomic E-state index is -0.434. The molecule has 6 heteroatoms. The molecule has 0 spiro atoms. The van der Waals surface area contributed by atoms with Gasteiger partial charge in [0.1, 0.15) is 5.76 Å². The van der Waals surface area contributed by atoms with E-state index in [-0.39, 0.29) is 37.3 Å². The molecule has 2 rings (SSSR count). The number of allylic oxidation sites excluding steroid dienone is 2. The number of esters is 2. The second-order valence-corrected chi connectivity index (χ2v) is 5.58. The summed E-state index contributed by atoms with van der Waals surface area (Å²) in [5, 5.41) is 0. The van der Waals surface area contributed by atoms with Crippen molar-refractivity contribution in [2.24, 2.45) is 11.8 Å². The van der Waals surface area contributed by atoms with E-state index in [0.717, 1.165) is 0 Å². The van der Waals surface area contributed by atoms with E-state index >= 15 is 0 Å². The predicted molar refractivity (Wildman–Crippen MR) is 85.1 cm³/mol. The molecule has 0 amide bonds. The Labute approximate surface area is 140 Å². The molecule has 0 aliphatic carbocycles. The molecule has 1 aromatic rings. The molecule has 0 saturated carbocycles. The third kappa shape index (κ3) is 4.68. The fourth-order valence-electron chi connectivity index (χ4n) is 2.54. The third-order valence-corrected chi connectivity index (χ3v) is 3.80. The molecule has 0 aromatic heterocycles. The van der Waals surface area contributed by atoms with Gasteiger partial charge in [-0.1, -0.05) is 18.2 Å². The molecule has 1 heterocycles. The smallest absolute Gasteiger partial charge is 0.338 e. The minimum absolute atomic E-state index is 0.0726. The van der Waals surface area contributed by atoms with Gasteiger partial charge in [0, 0.05) is 17.9 Å². The zero-order valence-electron chi connectivity index (χ0n) is 13.7. The number of ketones is 1. The minimum Gasteiger partial charge on any atom is -0.497 e. The summed E-state index contributed by atoms with van der Waals surface area (Å²) in [6, 6.07) is 8.65. The summed E-state index contributed by atoms with van der Waals surface area (Å²) < 4.78 is 15.5. The van der Waals surface area contributed by atoms with Gasteiger partial charge in [-0.3, -0.25) is 9.59 Å². The molecule has 1 aliphatic heterocycles. The van der Waals surface area contributed by atoms with E-state index in [1.807, 2.05) is 6.07 Å². The number of benzene rings is 1. The monoisotopic (exact) mass is 332 g/mol. The van der Waals surface area contributed by atoms with Crippen LogP contribution in [0.4, 0.5) is 0 Å². The molecule has 1 aromatic carbocycles. The fourth-order valence-corrected chi connectivity index (χ4v) is 2.54. The number of carbonyl (C=O) groups is 3. The molecular weight excluding hydrogens is 312 g/mol. The first-order valence-corrected chi connectivity index (χ1v) is 7.65. The van der Waals surface area contributed by atoms with Crippen molar-refractivity contribution >= 4 is 17.7 Å². The fraction of sp³-hybridized carbons (Fsp3) is 0.389. The van der Waals surface area contributed by atoms with E-state index in [0.29, 0.717) is 11.3 Å². The molecule has 0 bridgehead atoms. The molecule has 128 valence electrons. The number of ether oxygens (including phenoxy) is 3. The van der Waals surface area contributed by atoms with Gasteiger partial charge in [-0.05, 0) is 19.1 Å². The largest absolute Gasteiger partial charge is 0.497 e. The molecular formula is C18H20O6. The average molecular weight is 332 g/mol. The summed E-state index contributed by atoms with van der Waals surface area (Å²) >= 11 is 0. The second kappa shape index (κ2) is 8.29. The Kier molecular flexibility index (Phi) is 6.12. The summed E-state index contributed by atoms with van der Waals surface area (Å²) in [5.41, 5.74) is 0.459. The van der Waals surface area contributed by atoms with Gasteiger partial charge >= 0.3 is 11.9 Å². The molecule has 0 radical (unpaired) electrons. The summed E-state index contributed by atoms with van der Waals surface area (Å²) in [7, 11) is 1.30. The Morgan fingerprint density at radius 2 is 1.96 bits per heavy atom. The Bertz CT molecular complexity index is 634. The van der Waals surface area contributed by atoms with Gasteiger partial charge in [0.05, 0.1) is 32.3 Å². The Balaban J connectivity index is 2.03. The van der Waals surface area contributed by atoms with E-state index in [2.05, 4.69) is 0 Å². The van der Waals surface area contributed by atoms with Crippen LogP contribution in [0.3, 0.4) is 0 Å². The van der Waals surface area contributed by atoms with Crippen LogP contribution in [0.2, 0.25) is 0 Å². The molecule has 1 saturated heterocycles. The van der Waals surface area contributed by atoms with Gasteiger partial charge in [-0.2, -0.15) is 0 Å². The van der Waals surface area contributed by atoms with Crippen molar-refractivity contribution < 1.29 is 28.6 Å². The number of methoxy groups -OCH3 is 1. The SMILES string of the molecule is COC(=O)C[C@H]1/C(=C/C(C)=O)OC[C@@H]1COC(=O)c1ccccc1. The lowest BCUT2D eigenvalue weighted by molar-refractivity contribution is -0.141. The average Bonchev–Trinajstić information content (AvgIpc) is 2.94. The van der Waals surface area contributed by atoms with Crippen molar-refractivity contribution in [1.82, 2.24) is 0 Å². The Hall–Kier alpha value is -2.63. The van der Waals surface area contributed by atoms with Crippen molar-refractivity contribution in [3.63, 3.8) is 0 Å². The molecule has 6 nitrogen and oxygen atoms in total. The van der Waals surface area contributed by atoms with Gasteiger partial charge in [0.15, 0.2) is 5.78 Å². The van der Waals surface area contributed by atoms with Crippen molar-refractivity contribution in [3.05, 3.63) is 47.7 Å². The molecule has 1 fully saturated rings. The highest BCUT2D eigenvalue weighted by Crippen LogP contribution is 2.34. The number of rotatable bonds is 6. The van der Waals surface area contributed by atoms with Crippen molar-refractivity contribution in [2.45, 2.75) is 13.3 Å². The Morgan fingerprint density at radius 3 is 2.58 bits per heavy atom. The van der Waals surface area contributed by atoms with Crippen LogP contribution in [-0.4, -0.2) is 38.0 Å². The van der Waals surface area contributed by atoms with Gasteiger partial charge in [-0.25, -0.2) is 4.79 Å². The zero-order chi connectivity index (χ0) is 17.5. The molecule has 24 heavy (non-hydrogen) atoms. The normalized spacial score (nSPS) is 21.2. The van der Waals surface area contributed by atoms with Crippen LogP contribution in [0.5, 0.6) is 0 Å². The van der Waals surface area contributed by atoms with Crippen LogP contribution in [0.15, 0.2) is 42.2 Å². The third-order valence-electron chi connectivity index (χ3n) is 3.80. The first kappa shape index (κ1) is 17.7. The quantitative estimate of drug-likeness (QED) is 0.587. The lowest BCUT2D eigenvalue weighted by atomic mass is 9.90. The topological polar surface area (TPSA) is 78.9 Å². The van der Waals surface area contributed by atoms with Gasteiger partial charge in [0.25, 0.3) is 0 Å². The summed E-state index contributed by atoms with van der Waals surface area (Å²) in [5.74, 6) is -1.11. The van der Waals surface area contributed by atoms with Crippen molar-refractivity contribution in [2.75, 3.05) is 20.3 Å². The maximum absolute atomic E-state index is 12.0. The van der Waals surface area contributed by atoms with Gasteiger partial charge < -0.3 is 14.2 Å². The first-order chi connectivity index (χ1) is 11.5. The van der Waals surface area contributed by atoms with E-state index in [1.165, 1.54) is 20.1 Å². The van der Waals surface area contributed by atoms with Crippen LogP contribution in [-0.2, 0) is 23.8 Å². The lowest BCUT2D eigenvalue weighted by Crippen LogP contribution is -2.23. The van der Waals surface area contributed by atoms with Gasteiger partial charge in [0.2, 0.25) is 0 Å². The molecule has 1 aliphatic rings. The van der Waals surface area contributed by atoms with Crippen molar-refractivity contribution in [1.29, 1.82) is 0 Å². The van der Waals surface area contributed by atoms with Gasteiger partial charge in [-0.15, -0.1) is 0 Å². The number of hydrogen-bond acceptors (Lipinski definition) is 6. The number of carbonyl (C=O) groups excluding carboxylic acids is 3.